The molecule has 5 heterocycles. The molecule has 13 nitrogen and oxygen atoms in total. The topological polar surface area (TPSA) is 181 Å². The maximum absolute atomic E-state index is 13.4. The number of hydrogen-bond acceptors (Lipinski definition) is 11. The van der Waals surface area contributed by atoms with Gasteiger partial charge in [-0.2, -0.15) is 9.97 Å². The van der Waals surface area contributed by atoms with E-state index in [0.29, 0.717) is 94.5 Å². The zero-order chi connectivity index (χ0) is 32.9. The van der Waals surface area contributed by atoms with Crippen molar-refractivity contribution >= 4 is 45.3 Å². The van der Waals surface area contributed by atoms with Crippen molar-refractivity contribution in [3.8, 4) is 0 Å². The molecule has 5 atom stereocenters. The number of pyridine rings is 2. The molecule has 0 radical (unpaired) electrons. The van der Waals surface area contributed by atoms with Crippen molar-refractivity contribution in [1.82, 2.24) is 29.1 Å². The smallest absolute Gasteiger partial charge is 0.257 e. The summed E-state index contributed by atoms with van der Waals surface area (Å²) in [5.74, 6) is 2.33. The molecule has 4 unspecified atom stereocenters. The first-order valence-electron chi connectivity index (χ1n) is 17.8. The lowest BCUT2D eigenvalue weighted by atomic mass is 9.80. The summed E-state index contributed by atoms with van der Waals surface area (Å²) in [7, 11) is 0. The summed E-state index contributed by atoms with van der Waals surface area (Å²) in [4.78, 5) is 45.7. The molecule has 6 N–H and O–H groups in total. The van der Waals surface area contributed by atoms with E-state index < -0.39 is 0 Å². The highest BCUT2D eigenvalue weighted by molar-refractivity contribution is 5.89. The molecular formula is C35H46N10O3. The lowest BCUT2D eigenvalue weighted by Gasteiger charge is -2.33. The Kier molecular flexibility index (Phi) is 8.18. The minimum absolute atomic E-state index is 0.0751. The first-order chi connectivity index (χ1) is 23.4. The van der Waals surface area contributed by atoms with Gasteiger partial charge in [-0.3, -0.25) is 18.7 Å². The average Bonchev–Trinajstić information content (AvgIpc) is 3.65. The second-order valence-electron chi connectivity index (χ2n) is 14.5. The molecule has 4 aromatic rings. The Labute approximate surface area is 278 Å². The lowest BCUT2D eigenvalue weighted by molar-refractivity contribution is 0.186. The third-order valence-electron chi connectivity index (χ3n) is 11.4. The molecule has 4 aliphatic rings. The molecule has 0 amide bonds. The van der Waals surface area contributed by atoms with Gasteiger partial charge in [0.05, 0.1) is 29.1 Å². The number of nitrogens with zero attached hydrogens (tertiary/aromatic N) is 6. The summed E-state index contributed by atoms with van der Waals surface area (Å²) < 4.78 is 9.18. The van der Waals surface area contributed by atoms with Crippen molar-refractivity contribution in [2.24, 2.45) is 17.8 Å². The van der Waals surface area contributed by atoms with Crippen LogP contribution in [-0.2, 0) is 11.3 Å². The maximum Gasteiger partial charge on any atom is 0.257 e. The molecule has 8 rings (SSSR count). The van der Waals surface area contributed by atoms with Gasteiger partial charge in [0.25, 0.3) is 11.1 Å². The highest BCUT2D eigenvalue weighted by Gasteiger charge is 2.46. The number of hydrogen-bond donors (Lipinski definition) is 4. The Bertz CT molecular complexity index is 1960. The molecule has 4 fully saturated rings. The van der Waals surface area contributed by atoms with Gasteiger partial charge < -0.3 is 26.8 Å². The molecule has 3 saturated carbocycles. The summed E-state index contributed by atoms with van der Waals surface area (Å²) in [5, 5.41) is 8.58. The Morgan fingerprint density at radius 1 is 0.875 bits per heavy atom. The van der Waals surface area contributed by atoms with E-state index in [9.17, 15) is 9.59 Å². The Morgan fingerprint density at radius 2 is 1.60 bits per heavy atom. The number of nitrogens with two attached hydrogens (primary N) is 2. The number of fused-ring (bicyclic) bond motifs is 2. The number of aromatic nitrogens is 6. The summed E-state index contributed by atoms with van der Waals surface area (Å²) in [5.41, 5.74) is 14.9. The average molecular weight is 655 g/mol. The zero-order valence-corrected chi connectivity index (χ0v) is 27.7. The Morgan fingerprint density at radius 3 is 2.40 bits per heavy atom. The van der Waals surface area contributed by atoms with Crippen LogP contribution in [0.25, 0.3) is 22.1 Å². The quantitative estimate of drug-likeness (QED) is 0.212. The minimum atomic E-state index is -0.121. The van der Waals surface area contributed by atoms with Gasteiger partial charge in [0, 0.05) is 54.9 Å². The van der Waals surface area contributed by atoms with Crippen LogP contribution in [0.4, 0.5) is 23.3 Å². The zero-order valence-electron chi connectivity index (χ0n) is 27.7. The standard InChI is InChI=1S/C35H46N10O3/c1-19-30(37)26-16-39-35(43-32(26)45(33(19)47)22-11-12-48-18-22)41-28-10-6-5-9-23(28)24-13-20(24)17-44-29(46)14-27(36)25-15-38-34(42-31(25)44)40-21-7-3-2-4-8-21/h14-16,20-24,28H,2-13,17-18,36-37H2,1H3,(H,38,40,42)(H,39,41,43)/t20?,22-,23?,24?,28?/m1/s1. The molecule has 0 spiro atoms. The molecule has 1 aliphatic heterocycles. The number of rotatable bonds is 8. The minimum Gasteiger partial charge on any atom is -0.398 e. The van der Waals surface area contributed by atoms with Crippen molar-refractivity contribution in [2.45, 2.75) is 102 Å². The second-order valence-corrected chi connectivity index (χ2v) is 14.5. The molecule has 3 aliphatic carbocycles. The van der Waals surface area contributed by atoms with Crippen LogP contribution in [0.3, 0.4) is 0 Å². The monoisotopic (exact) mass is 654 g/mol. The van der Waals surface area contributed by atoms with Crippen LogP contribution < -0.4 is 33.2 Å². The molecule has 4 aromatic heterocycles. The second kappa shape index (κ2) is 12.6. The Hall–Kier alpha value is -4.26. The SMILES string of the molecule is Cc1c(N)c2cnc(NC3CCCCC3C3CC3Cn3c(=O)cc(N)c4cnc(NC5CCCCC5)nc43)nc2n([C@@H]2CCOC2)c1=O. The third-order valence-corrected chi connectivity index (χ3v) is 11.4. The first-order valence-corrected chi connectivity index (χ1v) is 17.8. The van der Waals surface area contributed by atoms with E-state index in [4.69, 9.17) is 26.2 Å². The third kappa shape index (κ3) is 5.75. The predicted molar refractivity (Wildman–Crippen MR) is 187 cm³/mol. The van der Waals surface area contributed by atoms with Gasteiger partial charge in [-0.1, -0.05) is 32.1 Å². The van der Waals surface area contributed by atoms with Crippen molar-refractivity contribution in [1.29, 1.82) is 0 Å². The number of nitrogens with one attached hydrogen (secondary N) is 2. The van der Waals surface area contributed by atoms with E-state index in [0.717, 1.165) is 44.9 Å². The van der Waals surface area contributed by atoms with Gasteiger partial charge >= 0.3 is 0 Å². The van der Waals surface area contributed by atoms with E-state index in [2.05, 4.69) is 20.6 Å². The summed E-state index contributed by atoms with van der Waals surface area (Å²) in [6.45, 7) is 3.46. The van der Waals surface area contributed by atoms with Crippen molar-refractivity contribution in [2.75, 3.05) is 35.3 Å². The molecule has 1 saturated heterocycles. The van der Waals surface area contributed by atoms with Gasteiger partial charge in [-0.25, -0.2) is 9.97 Å². The van der Waals surface area contributed by atoms with Crippen LogP contribution in [-0.4, -0.2) is 54.4 Å². The van der Waals surface area contributed by atoms with Crippen LogP contribution in [0.1, 0.15) is 82.2 Å². The molecule has 0 aromatic carbocycles. The highest BCUT2D eigenvalue weighted by atomic mass is 16.5. The fourth-order valence-corrected chi connectivity index (χ4v) is 8.58. The van der Waals surface area contributed by atoms with Crippen molar-refractivity contribution < 1.29 is 4.74 Å². The molecule has 254 valence electrons. The summed E-state index contributed by atoms with van der Waals surface area (Å²) in [6.07, 6.45) is 15.7. The first kappa shape index (κ1) is 31.0. The van der Waals surface area contributed by atoms with Gasteiger partial charge in [-0.05, 0) is 63.2 Å². The van der Waals surface area contributed by atoms with E-state index in [1.54, 1.807) is 28.5 Å². The molecule has 0 bridgehead atoms. The van der Waals surface area contributed by atoms with Crippen LogP contribution in [0, 0.1) is 24.7 Å². The van der Waals surface area contributed by atoms with Gasteiger partial charge in [0.2, 0.25) is 11.9 Å². The van der Waals surface area contributed by atoms with E-state index in [1.165, 1.54) is 31.7 Å². The van der Waals surface area contributed by atoms with Gasteiger partial charge in [-0.15, -0.1) is 0 Å². The number of nitrogen functional groups attached to an aromatic ring is 2. The van der Waals surface area contributed by atoms with Gasteiger partial charge in [0.1, 0.15) is 5.65 Å². The normalized spacial score (nSPS) is 26.2. The molecule has 48 heavy (non-hydrogen) atoms. The number of ether oxygens (including phenoxy) is 1. The molecule has 13 heteroatoms. The van der Waals surface area contributed by atoms with Crippen molar-refractivity contribution in [3.63, 3.8) is 0 Å². The Balaban J connectivity index is 1.03. The summed E-state index contributed by atoms with van der Waals surface area (Å²) >= 11 is 0. The van der Waals surface area contributed by atoms with E-state index in [1.807, 2.05) is 0 Å². The molecular weight excluding hydrogens is 608 g/mol. The van der Waals surface area contributed by atoms with Crippen LogP contribution in [0.5, 0.6) is 0 Å². The van der Waals surface area contributed by atoms with Crippen LogP contribution in [0.2, 0.25) is 0 Å². The summed E-state index contributed by atoms with van der Waals surface area (Å²) in [6, 6.07) is 1.98. The maximum atomic E-state index is 13.4. The van der Waals surface area contributed by atoms with Crippen LogP contribution in [0.15, 0.2) is 28.0 Å². The van der Waals surface area contributed by atoms with Crippen LogP contribution >= 0.6 is 0 Å². The fraction of sp³-hybridized carbons (Fsp3) is 0.600. The predicted octanol–water partition coefficient (Wildman–Crippen LogP) is 4.38. The van der Waals surface area contributed by atoms with Gasteiger partial charge in [0.15, 0.2) is 5.65 Å². The van der Waals surface area contributed by atoms with E-state index >= 15 is 0 Å². The van der Waals surface area contributed by atoms with Crippen molar-refractivity contribution in [3.05, 3.63) is 44.7 Å². The highest BCUT2D eigenvalue weighted by Crippen LogP contribution is 2.50. The fourth-order valence-electron chi connectivity index (χ4n) is 8.58. The lowest BCUT2D eigenvalue weighted by Crippen LogP contribution is -2.35. The largest absolute Gasteiger partial charge is 0.398 e. The number of anilines is 4. The van der Waals surface area contributed by atoms with E-state index in [-0.39, 0.29) is 23.2 Å².